The highest BCUT2D eigenvalue weighted by molar-refractivity contribution is 5.86. The van der Waals surface area contributed by atoms with Gasteiger partial charge in [-0.15, -0.1) is 0 Å². The summed E-state index contributed by atoms with van der Waals surface area (Å²) in [6.45, 7) is 0.0873. The van der Waals surface area contributed by atoms with Gasteiger partial charge in [-0.25, -0.2) is 0 Å². The first-order valence-electron chi connectivity index (χ1n) is 8.45. The largest absolute Gasteiger partial charge is 0.486 e. The number of hydrogen-bond acceptors (Lipinski definition) is 4. The maximum absolute atomic E-state index is 12.8. The van der Waals surface area contributed by atoms with Gasteiger partial charge < -0.3 is 4.74 Å². The third-order valence-electron chi connectivity index (χ3n) is 6.05. The molecule has 122 valence electrons. The number of nitrogens with zero attached hydrogens (tertiary/aromatic N) is 1. The van der Waals surface area contributed by atoms with Crippen molar-refractivity contribution in [2.45, 2.75) is 38.5 Å². The molecular weight excluding hydrogens is 294 g/mol. The van der Waals surface area contributed by atoms with Gasteiger partial charge in [0.25, 0.3) is 5.69 Å². The van der Waals surface area contributed by atoms with E-state index in [1.165, 1.54) is 31.4 Å². The van der Waals surface area contributed by atoms with E-state index in [9.17, 15) is 14.9 Å². The van der Waals surface area contributed by atoms with Crippen molar-refractivity contribution in [1.82, 2.24) is 0 Å². The molecule has 0 atom stereocenters. The van der Waals surface area contributed by atoms with Crippen LogP contribution in [0.1, 0.15) is 38.5 Å². The lowest BCUT2D eigenvalue weighted by Gasteiger charge is -2.55. The van der Waals surface area contributed by atoms with Crippen LogP contribution in [-0.2, 0) is 4.79 Å². The van der Waals surface area contributed by atoms with Crippen molar-refractivity contribution in [3.05, 3.63) is 34.4 Å². The van der Waals surface area contributed by atoms with E-state index < -0.39 is 4.92 Å². The molecule has 1 aromatic rings. The number of non-ortho nitro benzene ring substituents is 1. The van der Waals surface area contributed by atoms with Gasteiger partial charge >= 0.3 is 0 Å². The van der Waals surface area contributed by atoms with E-state index in [4.69, 9.17) is 4.74 Å². The first-order valence-corrected chi connectivity index (χ1v) is 8.45. The molecule has 5 heteroatoms. The van der Waals surface area contributed by atoms with Crippen LogP contribution in [0, 0.1) is 33.3 Å². The van der Waals surface area contributed by atoms with Crippen molar-refractivity contribution >= 4 is 11.5 Å². The Balaban J connectivity index is 1.41. The Morgan fingerprint density at radius 2 is 1.61 bits per heavy atom. The minimum absolute atomic E-state index is 0.0322. The number of carbonyl (C=O) groups is 1. The number of ether oxygens (including phenoxy) is 1. The second kappa shape index (κ2) is 5.32. The molecule has 4 bridgehead atoms. The van der Waals surface area contributed by atoms with Crippen molar-refractivity contribution in [2.24, 2.45) is 23.2 Å². The number of carbonyl (C=O) groups excluding carboxylic acids is 1. The summed E-state index contributed by atoms with van der Waals surface area (Å²) < 4.78 is 5.62. The van der Waals surface area contributed by atoms with Crippen molar-refractivity contribution in [1.29, 1.82) is 0 Å². The Morgan fingerprint density at radius 1 is 1.09 bits per heavy atom. The van der Waals surface area contributed by atoms with Crippen molar-refractivity contribution < 1.29 is 14.5 Å². The predicted octanol–water partition coefficient (Wildman–Crippen LogP) is 3.76. The van der Waals surface area contributed by atoms with Gasteiger partial charge in [0.15, 0.2) is 5.78 Å². The molecule has 0 unspecified atom stereocenters. The minimum Gasteiger partial charge on any atom is -0.486 e. The van der Waals surface area contributed by atoms with Crippen molar-refractivity contribution in [3.8, 4) is 5.75 Å². The molecule has 4 aliphatic carbocycles. The molecule has 0 radical (unpaired) electrons. The van der Waals surface area contributed by atoms with Crippen LogP contribution in [0.25, 0.3) is 0 Å². The third kappa shape index (κ3) is 2.62. The normalized spacial score (nSPS) is 34.3. The summed E-state index contributed by atoms with van der Waals surface area (Å²) in [7, 11) is 0. The number of rotatable bonds is 5. The molecule has 5 nitrogen and oxygen atoms in total. The Kier molecular flexibility index (Phi) is 3.39. The predicted molar refractivity (Wildman–Crippen MR) is 84.2 cm³/mol. The quantitative estimate of drug-likeness (QED) is 0.613. The number of nitro groups is 1. The van der Waals surface area contributed by atoms with Gasteiger partial charge in [0.2, 0.25) is 0 Å². The molecule has 4 aliphatic rings. The Bertz CT molecular complexity index is 602. The SMILES string of the molecule is O=C(COc1ccc([N+](=O)[O-])cc1)C12CC3CC(CC(C3)C1)C2. The Labute approximate surface area is 135 Å². The van der Waals surface area contributed by atoms with E-state index in [2.05, 4.69) is 0 Å². The van der Waals surface area contributed by atoms with E-state index in [0.717, 1.165) is 37.0 Å². The summed E-state index contributed by atoms with van der Waals surface area (Å²) in [5, 5.41) is 10.6. The van der Waals surface area contributed by atoms with Crippen LogP contribution < -0.4 is 4.74 Å². The van der Waals surface area contributed by atoms with Crippen LogP contribution in [-0.4, -0.2) is 17.3 Å². The molecular formula is C18H21NO4. The molecule has 1 aromatic carbocycles. The van der Waals surface area contributed by atoms with Gasteiger partial charge in [0.05, 0.1) is 4.92 Å². The molecule has 4 saturated carbocycles. The highest BCUT2D eigenvalue weighted by Gasteiger charge is 2.54. The highest BCUT2D eigenvalue weighted by atomic mass is 16.6. The van der Waals surface area contributed by atoms with Crippen LogP contribution in [0.3, 0.4) is 0 Å². The average Bonchev–Trinajstić information content (AvgIpc) is 2.51. The molecule has 0 aliphatic heterocycles. The standard InChI is InChI=1S/C18H21NO4/c20-17(11-23-16-3-1-15(2-4-16)19(21)22)18-8-12-5-13(9-18)7-14(6-12)10-18/h1-4,12-14H,5-11H2. The third-order valence-corrected chi connectivity index (χ3v) is 6.05. The average molecular weight is 315 g/mol. The Hall–Kier alpha value is -1.91. The number of benzene rings is 1. The second-order valence-electron chi connectivity index (χ2n) is 7.66. The summed E-state index contributed by atoms with van der Waals surface area (Å²) in [4.78, 5) is 23.0. The van der Waals surface area contributed by atoms with Gasteiger partial charge in [-0.1, -0.05) is 0 Å². The smallest absolute Gasteiger partial charge is 0.269 e. The second-order valence-corrected chi connectivity index (χ2v) is 7.66. The van der Waals surface area contributed by atoms with Crippen LogP contribution in [0.4, 0.5) is 5.69 Å². The molecule has 4 fully saturated rings. The van der Waals surface area contributed by atoms with Gasteiger partial charge in [-0.2, -0.15) is 0 Å². The number of ketones is 1. The number of hydrogen-bond donors (Lipinski definition) is 0. The van der Waals surface area contributed by atoms with Gasteiger partial charge in [-0.3, -0.25) is 14.9 Å². The molecule has 0 heterocycles. The highest BCUT2D eigenvalue weighted by Crippen LogP contribution is 2.60. The van der Waals surface area contributed by atoms with Gasteiger partial charge in [0, 0.05) is 17.5 Å². The molecule has 0 amide bonds. The number of nitro benzene ring substituents is 1. The van der Waals surface area contributed by atoms with E-state index >= 15 is 0 Å². The molecule has 0 saturated heterocycles. The van der Waals surface area contributed by atoms with Gasteiger partial charge in [-0.05, 0) is 68.4 Å². The summed E-state index contributed by atoms with van der Waals surface area (Å²) in [6.07, 6.45) is 7.07. The maximum Gasteiger partial charge on any atom is 0.269 e. The first-order chi connectivity index (χ1) is 11.0. The fraction of sp³-hybridized carbons (Fsp3) is 0.611. The van der Waals surface area contributed by atoms with Crippen LogP contribution in [0.15, 0.2) is 24.3 Å². The van der Waals surface area contributed by atoms with E-state index in [0.29, 0.717) is 5.75 Å². The lowest BCUT2D eigenvalue weighted by molar-refractivity contribution is -0.384. The summed E-state index contributed by atoms with van der Waals surface area (Å²) in [5.74, 6) is 2.97. The molecule has 5 rings (SSSR count). The van der Waals surface area contributed by atoms with E-state index in [1.807, 2.05) is 0 Å². The molecule has 0 aromatic heterocycles. The van der Waals surface area contributed by atoms with Crippen LogP contribution >= 0.6 is 0 Å². The van der Waals surface area contributed by atoms with Crippen LogP contribution in [0.5, 0.6) is 5.75 Å². The fourth-order valence-corrected chi connectivity index (χ4v) is 5.42. The zero-order valence-electron chi connectivity index (χ0n) is 13.1. The van der Waals surface area contributed by atoms with E-state index in [1.54, 1.807) is 12.1 Å². The van der Waals surface area contributed by atoms with E-state index in [-0.39, 0.29) is 23.5 Å². The van der Waals surface area contributed by atoms with Crippen molar-refractivity contribution in [3.63, 3.8) is 0 Å². The zero-order chi connectivity index (χ0) is 16.0. The Morgan fingerprint density at radius 3 is 2.09 bits per heavy atom. The monoisotopic (exact) mass is 315 g/mol. The lowest BCUT2D eigenvalue weighted by Crippen LogP contribution is -2.51. The van der Waals surface area contributed by atoms with Crippen LogP contribution in [0.2, 0.25) is 0 Å². The summed E-state index contributed by atoms with van der Waals surface area (Å²) in [6, 6.07) is 5.94. The molecule has 0 spiro atoms. The summed E-state index contributed by atoms with van der Waals surface area (Å²) >= 11 is 0. The topological polar surface area (TPSA) is 69.4 Å². The zero-order valence-corrected chi connectivity index (χ0v) is 13.1. The maximum atomic E-state index is 12.8. The fourth-order valence-electron chi connectivity index (χ4n) is 5.42. The molecule has 0 N–H and O–H groups in total. The molecule has 23 heavy (non-hydrogen) atoms. The number of Topliss-reactive ketones (excluding diaryl/α,β-unsaturated/α-hetero) is 1. The van der Waals surface area contributed by atoms with Crippen molar-refractivity contribution in [2.75, 3.05) is 6.61 Å². The first kappa shape index (κ1) is 14.7. The lowest BCUT2D eigenvalue weighted by atomic mass is 9.48. The summed E-state index contributed by atoms with van der Waals surface area (Å²) in [5.41, 5.74) is -0.111. The minimum atomic E-state index is -0.440. The van der Waals surface area contributed by atoms with Gasteiger partial charge in [0.1, 0.15) is 12.4 Å².